The molecular weight excluding hydrogens is 472 g/mol. The van der Waals surface area contributed by atoms with Crippen molar-refractivity contribution in [2.75, 3.05) is 0 Å². The molecule has 37 heavy (non-hydrogen) atoms. The van der Waals surface area contributed by atoms with Crippen LogP contribution in [0.5, 0.6) is 0 Å². The Hall–Kier alpha value is -4.06. The SMILES string of the molecule is CC(C)C(C)(NC(=O)OC(C)(C)C)C(=O)N[C@H](C#N)Cc1ccc(-c2ccc3oc(=O)n(C)c3c2)cc1. The average Bonchev–Trinajstić information content (AvgIpc) is 3.10. The van der Waals surface area contributed by atoms with E-state index >= 15 is 0 Å². The Bertz CT molecular complexity index is 1390. The van der Waals surface area contributed by atoms with Gasteiger partial charge in [-0.2, -0.15) is 5.26 Å². The van der Waals surface area contributed by atoms with Crippen LogP contribution in [-0.4, -0.2) is 33.7 Å². The number of aryl methyl sites for hydroxylation is 1. The zero-order valence-corrected chi connectivity index (χ0v) is 22.3. The lowest BCUT2D eigenvalue weighted by molar-refractivity contribution is -0.129. The number of benzene rings is 2. The number of carbonyl (C=O) groups is 2. The van der Waals surface area contributed by atoms with Gasteiger partial charge in [0.25, 0.3) is 0 Å². The maximum atomic E-state index is 13.2. The number of ether oxygens (including phenoxy) is 1. The second-order valence-corrected chi connectivity index (χ2v) is 10.6. The standard InChI is InChI=1S/C28H34N4O5/c1-17(2)28(6,31-25(34)37-27(3,4)5)24(33)30-21(16-29)14-18-8-10-19(11-9-18)20-12-13-23-22(15-20)32(7)26(35)36-23/h8-13,15,17,21H,14H2,1-7H3,(H,30,33)(H,31,34)/t21-,28?/m0/s1. The molecule has 1 heterocycles. The lowest BCUT2D eigenvalue weighted by Crippen LogP contribution is -2.62. The van der Waals surface area contributed by atoms with Crippen molar-refractivity contribution in [2.24, 2.45) is 13.0 Å². The Morgan fingerprint density at radius 2 is 1.70 bits per heavy atom. The van der Waals surface area contributed by atoms with Crippen molar-refractivity contribution in [1.29, 1.82) is 5.26 Å². The number of hydrogen-bond acceptors (Lipinski definition) is 6. The molecule has 0 aliphatic rings. The van der Waals surface area contributed by atoms with Gasteiger partial charge in [-0.05, 0) is 62.4 Å². The second kappa shape index (κ2) is 10.5. The highest BCUT2D eigenvalue weighted by Crippen LogP contribution is 2.25. The summed E-state index contributed by atoms with van der Waals surface area (Å²) in [6.45, 7) is 10.5. The highest BCUT2D eigenvalue weighted by molar-refractivity contribution is 5.90. The lowest BCUT2D eigenvalue weighted by Gasteiger charge is -2.34. The van der Waals surface area contributed by atoms with Gasteiger partial charge in [0, 0.05) is 13.5 Å². The van der Waals surface area contributed by atoms with Crippen molar-refractivity contribution in [3.8, 4) is 17.2 Å². The summed E-state index contributed by atoms with van der Waals surface area (Å²) in [7, 11) is 1.66. The molecule has 3 aromatic rings. The number of amides is 2. The van der Waals surface area contributed by atoms with Crippen molar-refractivity contribution < 1.29 is 18.7 Å². The normalized spacial score (nSPS) is 14.0. The summed E-state index contributed by atoms with van der Waals surface area (Å²) >= 11 is 0. The van der Waals surface area contributed by atoms with Gasteiger partial charge >= 0.3 is 11.8 Å². The van der Waals surface area contributed by atoms with E-state index in [1.165, 1.54) is 4.57 Å². The van der Waals surface area contributed by atoms with Gasteiger partial charge in [0.1, 0.15) is 17.2 Å². The predicted octanol–water partition coefficient (Wildman–Crippen LogP) is 4.29. The van der Waals surface area contributed by atoms with E-state index in [1.54, 1.807) is 40.8 Å². The summed E-state index contributed by atoms with van der Waals surface area (Å²) in [5, 5.41) is 15.2. The van der Waals surface area contributed by atoms with Crippen LogP contribution < -0.4 is 16.4 Å². The van der Waals surface area contributed by atoms with Gasteiger partial charge in [-0.15, -0.1) is 0 Å². The first kappa shape index (κ1) is 27.5. The van der Waals surface area contributed by atoms with Gasteiger partial charge in [-0.25, -0.2) is 9.59 Å². The monoisotopic (exact) mass is 506 g/mol. The number of oxazole rings is 1. The first-order chi connectivity index (χ1) is 17.2. The van der Waals surface area contributed by atoms with Gasteiger partial charge in [0.15, 0.2) is 5.58 Å². The van der Waals surface area contributed by atoms with E-state index in [-0.39, 0.29) is 5.92 Å². The van der Waals surface area contributed by atoms with Crippen molar-refractivity contribution >= 4 is 23.1 Å². The van der Waals surface area contributed by atoms with E-state index in [0.717, 1.165) is 16.7 Å². The quantitative estimate of drug-likeness (QED) is 0.492. The van der Waals surface area contributed by atoms with E-state index in [0.29, 0.717) is 17.5 Å². The van der Waals surface area contributed by atoms with Crippen molar-refractivity contribution in [3.05, 3.63) is 58.6 Å². The number of aromatic nitrogens is 1. The third kappa shape index (κ3) is 6.39. The highest BCUT2D eigenvalue weighted by Gasteiger charge is 2.40. The third-order valence-electron chi connectivity index (χ3n) is 6.37. The van der Waals surface area contributed by atoms with Crippen LogP contribution in [-0.2, 0) is 23.0 Å². The first-order valence-electron chi connectivity index (χ1n) is 12.1. The number of alkyl carbamates (subject to hydrolysis) is 1. The fourth-order valence-electron chi connectivity index (χ4n) is 3.79. The molecule has 9 nitrogen and oxygen atoms in total. The summed E-state index contributed by atoms with van der Waals surface area (Å²) in [5.74, 6) is -1.14. The Morgan fingerprint density at radius 1 is 1.08 bits per heavy atom. The van der Waals surface area contributed by atoms with Crippen molar-refractivity contribution in [3.63, 3.8) is 0 Å². The molecule has 0 saturated heterocycles. The molecule has 0 radical (unpaired) electrons. The van der Waals surface area contributed by atoms with E-state index in [2.05, 4.69) is 16.7 Å². The highest BCUT2D eigenvalue weighted by atomic mass is 16.6. The topological polar surface area (TPSA) is 126 Å². The third-order valence-corrected chi connectivity index (χ3v) is 6.37. The van der Waals surface area contributed by atoms with Crippen molar-refractivity contribution in [2.45, 2.75) is 65.1 Å². The Kier molecular flexibility index (Phi) is 7.82. The molecular formula is C28H34N4O5. The van der Waals surface area contributed by atoms with E-state index in [1.807, 2.05) is 50.2 Å². The summed E-state index contributed by atoms with van der Waals surface area (Å²) in [4.78, 5) is 37.3. The van der Waals surface area contributed by atoms with Crippen LogP contribution in [0.2, 0.25) is 0 Å². The fraction of sp³-hybridized carbons (Fsp3) is 0.429. The smallest absolute Gasteiger partial charge is 0.419 e. The van der Waals surface area contributed by atoms with Crippen LogP contribution in [0.3, 0.4) is 0 Å². The maximum absolute atomic E-state index is 13.2. The molecule has 0 bridgehead atoms. The van der Waals surface area contributed by atoms with E-state index in [4.69, 9.17) is 9.15 Å². The Labute approximate surface area is 216 Å². The van der Waals surface area contributed by atoms with Gasteiger partial charge < -0.3 is 19.8 Å². The minimum atomic E-state index is -1.27. The molecule has 0 spiro atoms. The molecule has 2 N–H and O–H groups in total. The number of carbonyl (C=O) groups excluding carboxylic acids is 2. The van der Waals surface area contributed by atoms with Crippen molar-refractivity contribution in [1.82, 2.24) is 15.2 Å². The van der Waals surface area contributed by atoms with Gasteiger partial charge in [0.05, 0.1) is 11.6 Å². The number of nitriles is 1. The minimum absolute atomic E-state index is 0.259. The molecule has 2 atom stereocenters. The molecule has 2 aromatic carbocycles. The maximum Gasteiger partial charge on any atom is 0.419 e. The summed E-state index contributed by atoms with van der Waals surface area (Å²) in [6.07, 6.45) is -0.407. The molecule has 0 aliphatic heterocycles. The fourth-order valence-corrected chi connectivity index (χ4v) is 3.79. The number of fused-ring (bicyclic) bond motifs is 1. The van der Waals surface area contributed by atoms with Crippen LogP contribution >= 0.6 is 0 Å². The van der Waals surface area contributed by atoms with E-state index in [9.17, 15) is 19.6 Å². The number of nitrogens with zero attached hydrogens (tertiary/aromatic N) is 2. The van der Waals surface area contributed by atoms with Gasteiger partial charge in [-0.1, -0.05) is 44.2 Å². The molecule has 3 rings (SSSR count). The van der Waals surface area contributed by atoms with Crippen LogP contribution in [0.15, 0.2) is 51.7 Å². The zero-order valence-electron chi connectivity index (χ0n) is 22.3. The van der Waals surface area contributed by atoms with E-state index < -0.39 is 34.9 Å². The zero-order chi connectivity index (χ0) is 27.5. The number of rotatable bonds is 7. The molecule has 2 amide bonds. The van der Waals surface area contributed by atoms with Crippen LogP contribution in [0, 0.1) is 17.2 Å². The molecule has 9 heteroatoms. The largest absolute Gasteiger partial charge is 0.444 e. The predicted molar refractivity (Wildman–Crippen MR) is 141 cm³/mol. The summed E-state index contributed by atoms with van der Waals surface area (Å²) < 4.78 is 12.0. The molecule has 1 aromatic heterocycles. The number of nitrogens with one attached hydrogen (secondary N) is 2. The molecule has 0 aliphatic carbocycles. The first-order valence-corrected chi connectivity index (χ1v) is 12.1. The van der Waals surface area contributed by atoms with Crippen LogP contribution in [0.25, 0.3) is 22.2 Å². The number of hydrogen-bond donors (Lipinski definition) is 2. The Balaban J connectivity index is 1.71. The lowest BCUT2D eigenvalue weighted by atomic mass is 9.87. The average molecular weight is 507 g/mol. The molecule has 1 unspecified atom stereocenters. The van der Waals surface area contributed by atoms with Crippen LogP contribution in [0.1, 0.15) is 47.1 Å². The molecule has 0 fully saturated rings. The minimum Gasteiger partial charge on any atom is -0.444 e. The second-order valence-electron chi connectivity index (χ2n) is 10.6. The van der Waals surface area contributed by atoms with Gasteiger partial charge in [0.2, 0.25) is 5.91 Å². The van der Waals surface area contributed by atoms with Gasteiger partial charge in [-0.3, -0.25) is 9.36 Å². The van der Waals surface area contributed by atoms with Crippen LogP contribution in [0.4, 0.5) is 4.79 Å². The summed E-state index contributed by atoms with van der Waals surface area (Å²) in [5.41, 5.74) is 1.96. The Morgan fingerprint density at radius 3 is 2.27 bits per heavy atom. The molecule has 196 valence electrons. The summed E-state index contributed by atoms with van der Waals surface area (Å²) in [6, 6.07) is 14.5. The molecule has 0 saturated carbocycles.